The molecule has 0 aromatic carbocycles. The molecule has 1 aromatic heterocycles. The molecular formula is C8H12N4O2S2. The van der Waals surface area contributed by atoms with Crippen molar-refractivity contribution in [3.63, 3.8) is 0 Å². The van der Waals surface area contributed by atoms with Gasteiger partial charge in [-0.3, -0.25) is 9.11 Å². The normalized spacial score (nSPS) is 18.2. The maximum Gasteiger partial charge on any atom is 0.326 e. The Morgan fingerprint density at radius 1 is 1.44 bits per heavy atom. The zero-order valence-corrected chi connectivity index (χ0v) is 10.7. The number of anilines is 1. The number of nitrogens with zero attached hydrogens (tertiary/aromatic N) is 4. The van der Waals surface area contributed by atoms with Gasteiger partial charge < -0.3 is 4.90 Å². The number of rotatable bonds is 3. The summed E-state index contributed by atoms with van der Waals surface area (Å²) in [7, 11) is 0.648. The molecule has 1 atom stereocenters. The highest BCUT2D eigenvalue weighted by Crippen LogP contribution is 2.25. The predicted molar refractivity (Wildman–Crippen MR) is 62.2 cm³/mol. The predicted octanol–water partition coefficient (Wildman–Crippen LogP) is 0.537. The first kappa shape index (κ1) is 11.5. The van der Waals surface area contributed by atoms with E-state index in [0.717, 1.165) is 0 Å². The molecule has 1 aliphatic rings. The van der Waals surface area contributed by atoms with E-state index in [1.807, 2.05) is 6.92 Å². The highest BCUT2D eigenvalue weighted by molar-refractivity contribution is 7.87. The number of hydrogen-bond donors (Lipinski definition) is 0. The summed E-state index contributed by atoms with van der Waals surface area (Å²) in [5.74, 6) is 0.516. The Bertz CT molecular complexity index is 433. The second kappa shape index (κ2) is 4.46. The first-order valence-electron chi connectivity index (χ1n) is 4.88. The summed E-state index contributed by atoms with van der Waals surface area (Å²) in [5.41, 5.74) is 0. The number of hydrogen-bond acceptors (Lipinski definition) is 5. The van der Waals surface area contributed by atoms with Gasteiger partial charge in [-0.25, -0.2) is 4.79 Å². The summed E-state index contributed by atoms with van der Waals surface area (Å²) in [5, 5.41) is 8.29. The van der Waals surface area contributed by atoms with Gasteiger partial charge in [-0.05, 0) is 0 Å². The average molecular weight is 260 g/mol. The van der Waals surface area contributed by atoms with Crippen molar-refractivity contribution in [1.82, 2.24) is 15.1 Å². The minimum Gasteiger partial charge on any atom is -0.326 e. The summed E-state index contributed by atoms with van der Waals surface area (Å²) >= 11 is 1.22. The van der Waals surface area contributed by atoms with Crippen LogP contribution in [0.4, 0.5) is 9.93 Å². The van der Waals surface area contributed by atoms with Crippen molar-refractivity contribution < 1.29 is 9.00 Å². The van der Waals surface area contributed by atoms with Crippen molar-refractivity contribution in [2.24, 2.45) is 0 Å². The summed E-state index contributed by atoms with van der Waals surface area (Å²) < 4.78 is 12.0. The minimum absolute atomic E-state index is 0.0787. The smallest absolute Gasteiger partial charge is 0.326 e. The molecule has 1 fully saturated rings. The highest BCUT2D eigenvalue weighted by Gasteiger charge is 2.29. The van der Waals surface area contributed by atoms with Crippen molar-refractivity contribution in [2.75, 3.05) is 30.8 Å². The second-order valence-electron chi connectivity index (χ2n) is 3.34. The zero-order valence-electron chi connectivity index (χ0n) is 9.04. The van der Waals surface area contributed by atoms with Crippen LogP contribution in [0, 0.1) is 0 Å². The van der Waals surface area contributed by atoms with Gasteiger partial charge in [0.05, 0.1) is 10.8 Å². The lowest BCUT2D eigenvalue weighted by molar-refractivity contribution is 0.229. The van der Waals surface area contributed by atoms with Gasteiger partial charge in [-0.15, -0.1) is 10.2 Å². The van der Waals surface area contributed by atoms with Gasteiger partial charge in [0.2, 0.25) is 9.47 Å². The van der Waals surface area contributed by atoms with E-state index >= 15 is 0 Å². The van der Waals surface area contributed by atoms with Crippen LogP contribution in [0.15, 0.2) is 4.34 Å². The fourth-order valence-corrected chi connectivity index (χ4v) is 3.28. The Kier molecular flexibility index (Phi) is 3.20. The number of carbonyl (C=O) groups excluding carboxylic acids is 1. The van der Waals surface area contributed by atoms with Crippen LogP contribution in [0.5, 0.6) is 0 Å². The van der Waals surface area contributed by atoms with Crippen LogP contribution < -0.4 is 4.90 Å². The molecule has 0 aliphatic carbocycles. The van der Waals surface area contributed by atoms with E-state index in [0.29, 0.717) is 28.3 Å². The molecular weight excluding hydrogens is 248 g/mol. The van der Waals surface area contributed by atoms with Gasteiger partial charge in [0.1, 0.15) is 0 Å². The Morgan fingerprint density at radius 2 is 2.19 bits per heavy atom. The van der Waals surface area contributed by atoms with Crippen LogP contribution in [0.25, 0.3) is 0 Å². The van der Waals surface area contributed by atoms with Gasteiger partial charge in [0.25, 0.3) is 0 Å². The Labute approximate surface area is 99.7 Å². The summed E-state index contributed by atoms with van der Waals surface area (Å²) in [4.78, 5) is 14.9. The Morgan fingerprint density at radius 3 is 2.75 bits per heavy atom. The molecule has 1 aromatic rings. The third-order valence-corrected chi connectivity index (χ3v) is 4.84. The molecule has 16 heavy (non-hydrogen) atoms. The van der Waals surface area contributed by atoms with Crippen LogP contribution in [-0.2, 0) is 10.8 Å². The summed E-state index contributed by atoms with van der Waals surface area (Å²) in [6.45, 7) is 3.12. The molecule has 0 N–H and O–H groups in total. The van der Waals surface area contributed by atoms with Gasteiger partial charge >= 0.3 is 6.03 Å². The molecule has 2 amide bonds. The monoisotopic (exact) mass is 260 g/mol. The third-order valence-electron chi connectivity index (χ3n) is 2.30. The number of urea groups is 1. The van der Waals surface area contributed by atoms with E-state index in [-0.39, 0.29) is 6.03 Å². The van der Waals surface area contributed by atoms with Crippen molar-refractivity contribution in [3.05, 3.63) is 0 Å². The summed E-state index contributed by atoms with van der Waals surface area (Å²) in [6, 6.07) is -0.0787. The lowest BCUT2D eigenvalue weighted by atomic mass is 10.6. The Hall–Kier alpha value is -1.02. The lowest BCUT2D eigenvalue weighted by Gasteiger charge is -2.10. The van der Waals surface area contributed by atoms with Crippen molar-refractivity contribution in [3.8, 4) is 0 Å². The van der Waals surface area contributed by atoms with E-state index in [2.05, 4.69) is 10.2 Å². The van der Waals surface area contributed by atoms with Gasteiger partial charge in [0.15, 0.2) is 0 Å². The standard InChI is InChI=1S/C8H12N4O2S2/c1-3-16(14)7-10-9-6(15-7)12-5-4-11(2)8(12)13/h3-5H2,1-2H3. The van der Waals surface area contributed by atoms with E-state index in [1.54, 1.807) is 16.8 Å². The van der Waals surface area contributed by atoms with Crippen LogP contribution >= 0.6 is 11.3 Å². The van der Waals surface area contributed by atoms with Crippen LogP contribution in [-0.4, -0.2) is 51.2 Å². The van der Waals surface area contributed by atoms with E-state index in [9.17, 15) is 9.00 Å². The zero-order chi connectivity index (χ0) is 11.7. The second-order valence-corrected chi connectivity index (χ2v) is 6.21. The van der Waals surface area contributed by atoms with Gasteiger partial charge in [-0.1, -0.05) is 18.3 Å². The van der Waals surface area contributed by atoms with Crippen molar-refractivity contribution in [1.29, 1.82) is 0 Å². The minimum atomic E-state index is -1.10. The molecule has 0 bridgehead atoms. The largest absolute Gasteiger partial charge is 0.326 e. The van der Waals surface area contributed by atoms with Gasteiger partial charge in [0, 0.05) is 25.9 Å². The molecule has 1 aliphatic heterocycles. The quantitative estimate of drug-likeness (QED) is 0.744. The lowest BCUT2D eigenvalue weighted by Crippen LogP contribution is -2.29. The van der Waals surface area contributed by atoms with E-state index < -0.39 is 10.8 Å². The molecule has 8 heteroatoms. The van der Waals surface area contributed by atoms with Crippen molar-refractivity contribution >= 4 is 33.3 Å². The first-order chi connectivity index (χ1) is 7.63. The van der Waals surface area contributed by atoms with Crippen LogP contribution in [0.1, 0.15) is 6.92 Å². The number of carbonyl (C=O) groups is 1. The molecule has 2 heterocycles. The Balaban J connectivity index is 2.19. The molecule has 0 radical (unpaired) electrons. The molecule has 6 nitrogen and oxygen atoms in total. The van der Waals surface area contributed by atoms with E-state index in [4.69, 9.17) is 0 Å². The van der Waals surface area contributed by atoms with Crippen molar-refractivity contribution in [2.45, 2.75) is 11.3 Å². The third kappa shape index (κ3) is 1.94. The highest BCUT2D eigenvalue weighted by atomic mass is 32.2. The molecule has 1 unspecified atom stereocenters. The van der Waals surface area contributed by atoms with Gasteiger partial charge in [-0.2, -0.15) is 0 Å². The number of amides is 2. The fourth-order valence-electron chi connectivity index (χ4n) is 1.35. The van der Waals surface area contributed by atoms with E-state index in [1.165, 1.54) is 11.3 Å². The summed E-state index contributed by atoms with van der Waals surface area (Å²) in [6.07, 6.45) is 0. The SMILES string of the molecule is CCS(=O)c1nnc(N2CCN(C)C2=O)s1. The fraction of sp³-hybridized carbons (Fsp3) is 0.625. The molecule has 1 saturated heterocycles. The number of likely N-dealkylation sites (N-methyl/N-ethyl adjacent to an activating group) is 1. The average Bonchev–Trinajstić information content (AvgIpc) is 2.87. The molecule has 0 saturated carbocycles. The first-order valence-corrected chi connectivity index (χ1v) is 7.01. The number of aromatic nitrogens is 2. The van der Waals surface area contributed by atoms with Crippen LogP contribution in [0.3, 0.4) is 0 Å². The molecule has 2 rings (SSSR count). The van der Waals surface area contributed by atoms with Crippen LogP contribution in [0.2, 0.25) is 0 Å². The molecule has 0 spiro atoms. The maximum atomic E-state index is 11.7. The molecule has 88 valence electrons. The maximum absolute atomic E-state index is 11.7. The topological polar surface area (TPSA) is 66.4 Å².